The number of hydrogen-bond donors (Lipinski definition) is 3. The highest BCUT2D eigenvalue weighted by atomic mass is 35.5. The maximum absolute atomic E-state index is 14.0. The van der Waals surface area contributed by atoms with Crippen LogP contribution in [-0.4, -0.2) is 144 Å². The molecule has 7 rings (SSSR count). The number of benzene rings is 4. The third-order valence-corrected chi connectivity index (χ3v) is 17.5. The average molecular weight is 1090 g/mol. The van der Waals surface area contributed by atoms with Crippen molar-refractivity contribution in [2.24, 2.45) is 5.41 Å². The first-order chi connectivity index (χ1) is 34.4. The fraction of sp³-hybridized carbons (Fsp3) is 0.462. The van der Waals surface area contributed by atoms with Crippen LogP contribution in [0.25, 0.3) is 5.57 Å². The lowest BCUT2D eigenvalue weighted by molar-refractivity contribution is -0.0436. The number of rotatable bonds is 17. The van der Waals surface area contributed by atoms with E-state index in [2.05, 4.69) is 39.1 Å². The molecule has 3 aliphatic rings. The molecule has 14 nitrogen and oxygen atoms in total. The zero-order chi connectivity index (χ0) is 52.8. The normalized spacial score (nSPS) is 19.1. The third-order valence-electron chi connectivity index (χ3n) is 13.3. The van der Waals surface area contributed by atoms with Crippen molar-refractivity contribution < 1.29 is 49.4 Å². The van der Waals surface area contributed by atoms with Crippen molar-refractivity contribution in [2.75, 3.05) is 88.0 Å². The van der Waals surface area contributed by atoms with Crippen LogP contribution in [-0.2, 0) is 24.6 Å². The first-order valence-electron chi connectivity index (χ1n) is 24.2. The Morgan fingerprint density at radius 3 is 2.11 bits per heavy atom. The van der Waals surface area contributed by atoms with Crippen LogP contribution >= 0.6 is 23.4 Å². The molecule has 4 aromatic rings. The third kappa shape index (κ3) is 14.7. The van der Waals surface area contributed by atoms with Crippen LogP contribution in [0.4, 0.5) is 29.3 Å². The van der Waals surface area contributed by atoms with Gasteiger partial charge < -0.3 is 25.0 Å². The van der Waals surface area contributed by atoms with Gasteiger partial charge in [-0.1, -0.05) is 54.4 Å². The quantitative estimate of drug-likeness (QED) is 0.0858. The monoisotopic (exact) mass is 1090 g/mol. The molecule has 396 valence electrons. The highest BCUT2D eigenvalue weighted by Gasteiger charge is 2.48. The summed E-state index contributed by atoms with van der Waals surface area (Å²) in [4.78, 5) is 33.6. The first kappa shape index (κ1) is 55.9. The number of aliphatic hydroxyl groups excluding tert-OH is 1. The number of piperazine rings is 2. The summed E-state index contributed by atoms with van der Waals surface area (Å²) in [6.45, 7) is 15.0. The molecule has 0 bridgehead atoms. The van der Waals surface area contributed by atoms with Crippen molar-refractivity contribution >= 4 is 72.2 Å². The smallest absolute Gasteiger partial charge is 0.444 e. The number of anilines is 2. The Morgan fingerprint density at radius 2 is 1.49 bits per heavy atom. The predicted molar refractivity (Wildman–Crippen MR) is 280 cm³/mol. The molecule has 1 unspecified atom stereocenters. The maximum atomic E-state index is 14.0. The van der Waals surface area contributed by atoms with Crippen molar-refractivity contribution in [2.45, 2.75) is 85.2 Å². The molecule has 3 N–H and O–H groups in total. The van der Waals surface area contributed by atoms with E-state index >= 15 is 0 Å². The van der Waals surface area contributed by atoms with Gasteiger partial charge in [0.1, 0.15) is 10.5 Å². The highest BCUT2D eigenvalue weighted by Crippen LogP contribution is 2.44. The van der Waals surface area contributed by atoms with Gasteiger partial charge in [0.05, 0.1) is 10.6 Å². The lowest BCUT2D eigenvalue weighted by Gasteiger charge is -2.44. The van der Waals surface area contributed by atoms with Crippen molar-refractivity contribution in [1.29, 1.82) is 0 Å². The maximum Gasteiger partial charge on any atom is 0.501 e. The summed E-state index contributed by atoms with van der Waals surface area (Å²) in [6, 6.07) is 24.9. The number of sulfone groups is 1. The summed E-state index contributed by atoms with van der Waals surface area (Å²) in [5.74, 6) is -0.833. The fourth-order valence-electron chi connectivity index (χ4n) is 9.47. The fourth-order valence-corrected chi connectivity index (χ4v) is 12.6. The molecule has 2 fully saturated rings. The van der Waals surface area contributed by atoms with E-state index in [9.17, 15) is 44.7 Å². The Kier molecular flexibility index (Phi) is 17.9. The van der Waals surface area contributed by atoms with Crippen LogP contribution < -0.4 is 14.9 Å². The van der Waals surface area contributed by atoms with Gasteiger partial charge in [-0.2, -0.15) is 13.2 Å². The topological polar surface area (TPSA) is 169 Å². The summed E-state index contributed by atoms with van der Waals surface area (Å²) in [7, 11) is -11.0. The Labute approximate surface area is 436 Å². The van der Waals surface area contributed by atoms with E-state index in [1.807, 2.05) is 55.8 Å². The number of hydrogen-bond acceptors (Lipinski definition) is 13. The minimum atomic E-state index is -6.09. The number of nitrogens with one attached hydrogen (secondary N) is 2. The SMILES string of the molecule is CC1(CN2CCN(C(=O)OC(C)(C)C)CC2)CCC(c2ccc(Cl)cc2)=C(CN2CCN(c3ccc(C(=O)NS(=O)(=O)c4ccc(N[C@H](CCO)CSc5ccccc5)c(S(=O)(=O)C(F)(F)F)c4)cc3)CC2)C1. The van der Waals surface area contributed by atoms with E-state index in [0.29, 0.717) is 37.3 Å². The molecule has 4 aromatic carbocycles. The molecule has 2 heterocycles. The predicted octanol–water partition coefficient (Wildman–Crippen LogP) is 9.03. The number of allylic oxidation sites excluding steroid dienone is 1. The Bertz CT molecular complexity index is 2820. The second-order valence-electron chi connectivity index (χ2n) is 20.1. The van der Waals surface area contributed by atoms with Crippen LogP contribution in [0.1, 0.15) is 69.3 Å². The van der Waals surface area contributed by atoms with Gasteiger partial charge >= 0.3 is 11.6 Å². The van der Waals surface area contributed by atoms with Crippen LogP contribution in [0, 0.1) is 5.41 Å². The molecule has 0 spiro atoms. The minimum Gasteiger partial charge on any atom is -0.444 e. The molecular weight excluding hydrogens is 1030 g/mol. The van der Waals surface area contributed by atoms with E-state index in [4.69, 9.17) is 16.3 Å². The minimum absolute atomic E-state index is 0.0283. The van der Waals surface area contributed by atoms with Gasteiger partial charge in [0, 0.05) is 105 Å². The molecule has 73 heavy (non-hydrogen) atoms. The van der Waals surface area contributed by atoms with Crippen molar-refractivity contribution in [3.05, 3.63) is 119 Å². The lowest BCUT2D eigenvalue weighted by Crippen LogP contribution is -2.52. The molecule has 0 radical (unpaired) electrons. The van der Waals surface area contributed by atoms with Gasteiger partial charge in [-0.25, -0.2) is 26.4 Å². The number of amides is 2. The number of ether oxygens (including phenoxy) is 1. The second kappa shape index (κ2) is 23.4. The van der Waals surface area contributed by atoms with E-state index in [1.54, 1.807) is 29.2 Å². The van der Waals surface area contributed by atoms with Crippen molar-refractivity contribution in [3.8, 4) is 0 Å². The van der Waals surface area contributed by atoms with Crippen LogP contribution in [0.5, 0.6) is 0 Å². The van der Waals surface area contributed by atoms with Crippen LogP contribution in [0.3, 0.4) is 0 Å². The zero-order valence-corrected chi connectivity index (χ0v) is 44.7. The number of carbonyl (C=O) groups excluding carboxylic acids is 2. The summed E-state index contributed by atoms with van der Waals surface area (Å²) in [6.07, 6.45) is 2.65. The average Bonchev–Trinajstić information content (AvgIpc) is 3.33. The van der Waals surface area contributed by atoms with Gasteiger partial charge in [0.2, 0.25) is 0 Å². The largest absolute Gasteiger partial charge is 0.501 e. The Morgan fingerprint density at radius 1 is 0.849 bits per heavy atom. The molecule has 2 atom stereocenters. The van der Waals surface area contributed by atoms with E-state index in [-0.39, 0.29) is 35.9 Å². The molecular formula is C52H64ClF3N6O8S3. The summed E-state index contributed by atoms with van der Waals surface area (Å²) in [5.41, 5.74) is -2.12. The molecule has 2 saturated heterocycles. The summed E-state index contributed by atoms with van der Waals surface area (Å²) in [5, 5.41) is 13.1. The second-order valence-corrected chi connectivity index (χ2v) is 25.3. The number of halogens is 4. The molecule has 2 amide bonds. The highest BCUT2D eigenvalue weighted by molar-refractivity contribution is 7.99. The zero-order valence-electron chi connectivity index (χ0n) is 41.5. The molecule has 0 saturated carbocycles. The Hall–Kier alpha value is -4.83. The molecule has 2 aliphatic heterocycles. The summed E-state index contributed by atoms with van der Waals surface area (Å²) < 4.78 is 102. The lowest BCUT2D eigenvalue weighted by atomic mass is 9.71. The van der Waals surface area contributed by atoms with E-state index in [0.717, 1.165) is 81.2 Å². The van der Waals surface area contributed by atoms with Gasteiger partial charge in [-0.05, 0) is 130 Å². The van der Waals surface area contributed by atoms with E-state index in [1.165, 1.54) is 40.6 Å². The Balaban J connectivity index is 0.979. The molecule has 0 aromatic heterocycles. The van der Waals surface area contributed by atoms with E-state index < -0.39 is 58.4 Å². The number of thioether (sulfide) groups is 1. The van der Waals surface area contributed by atoms with Crippen LogP contribution in [0.2, 0.25) is 5.02 Å². The number of sulfonamides is 1. The number of nitrogens with zero attached hydrogens (tertiary/aromatic N) is 4. The van der Waals surface area contributed by atoms with Crippen molar-refractivity contribution in [1.82, 2.24) is 19.4 Å². The number of carbonyl (C=O) groups is 2. The molecule has 1 aliphatic carbocycles. The summed E-state index contributed by atoms with van der Waals surface area (Å²) >= 11 is 7.63. The van der Waals surface area contributed by atoms with Gasteiger partial charge in [0.25, 0.3) is 25.8 Å². The van der Waals surface area contributed by atoms with Crippen molar-refractivity contribution in [3.63, 3.8) is 0 Å². The first-order valence-corrected chi connectivity index (χ1v) is 28.6. The van der Waals surface area contributed by atoms with Gasteiger partial charge in [-0.3, -0.25) is 14.6 Å². The van der Waals surface area contributed by atoms with Gasteiger partial charge in [-0.15, -0.1) is 11.8 Å². The standard InChI is InChI=1S/C52H64ClF3N6O8S3/c1-50(2,3)70-49(65)62-29-25-60(26-30-62)36-51(4)22-20-45(37-10-14-40(53)15-11-37)39(33-51)34-59-23-27-61(28-24-59)42-16-12-38(13-17-42)48(64)58-73(68,69)44-18-19-46(47(32-44)72(66,67)52(54,55)56)57-41(21-31-63)35-71-43-8-6-5-7-9-43/h5-19,32,41,57,63H,20-31,33-36H2,1-4H3,(H,58,64)/t41-,51?/m1/s1. The number of aliphatic hydroxyl groups is 1. The van der Waals surface area contributed by atoms with Crippen LogP contribution in [0.15, 0.2) is 117 Å². The molecule has 21 heteroatoms. The number of alkyl halides is 3. The van der Waals surface area contributed by atoms with Gasteiger partial charge in [0.15, 0.2) is 0 Å².